The fourth-order valence-electron chi connectivity index (χ4n) is 2.88. The maximum Gasteiger partial charge on any atom is 0.258 e. The summed E-state index contributed by atoms with van der Waals surface area (Å²) in [6.45, 7) is 2.07. The van der Waals surface area contributed by atoms with E-state index in [0.29, 0.717) is 18.7 Å². The zero-order chi connectivity index (χ0) is 16.1. The molecule has 2 heterocycles. The molecule has 1 aromatic rings. The number of rotatable bonds is 6. The molecule has 0 aliphatic carbocycles. The van der Waals surface area contributed by atoms with Crippen molar-refractivity contribution in [1.29, 1.82) is 0 Å². The lowest BCUT2D eigenvalue weighted by Gasteiger charge is -2.16. The Morgan fingerprint density at radius 2 is 2.13 bits per heavy atom. The number of benzene rings is 1. The first-order chi connectivity index (χ1) is 11.2. The SMILES string of the molecule is O=C(COc1ccc(N2CCCC2=O)cc1)NC[C@H]1CCCO1. The molecule has 0 unspecified atom stereocenters. The molecule has 6 nitrogen and oxygen atoms in total. The second-order valence-corrected chi connectivity index (χ2v) is 5.87. The molecule has 0 saturated carbocycles. The molecule has 1 N–H and O–H groups in total. The van der Waals surface area contributed by atoms with E-state index in [0.717, 1.165) is 38.1 Å². The number of nitrogens with zero attached hydrogens (tertiary/aromatic N) is 1. The fourth-order valence-corrected chi connectivity index (χ4v) is 2.88. The summed E-state index contributed by atoms with van der Waals surface area (Å²) in [6, 6.07) is 7.27. The van der Waals surface area contributed by atoms with Crippen LogP contribution in [0.5, 0.6) is 5.75 Å². The Labute approximate surface area is 135 Å². The second kappa shape index (κ2) is 7.46. The number of anilines is 1. The van der Waals surface area contributed by atoms with Gasteiger partial charge >= 0.3 is 0 Å². The zero-order valence-corrected chi connectivity index (χ0v) is 13.1. The van der Waals surface area contributed by atoms with E-state index in [4.69, 9.17) is 9.47 Å². The first-order valence-corrected chi connectivity index (χ1v) is 8.14. The lowest BCUT2D eigenvalue weighted by molar-refractivity contribution is -0.123. The second-order valence-electron chi connectivity index (χ2n) is 5.87. The molecular weight excluding hydrogens is 296 g/mol. The van der Waals surface area contributed by atoms with Crippen LogP contribution in [0.15, 0.2) is 24.3 Å². The summed E-state index contributed by atoms with van der Waals surface area (Å²) in [5.41, 5.74) is 0.877. The molecule has 2 amide bonds. The summed E-state index contributed by atoms with van der Waals surface area (Å²) in [6.07, 6.45) is 3.71. The molecule has 2 aliphatic heterocycles. The Hall–Kier alpha value is -2.08. The number of amides is 2. The van der Waals surface area contributed by atoms with E-state index in [1.807, 2.05) is 12.1 Å². The normalized spacial score (nSPS) is 20.8. The molecule has 2 saturated heterocycles. The quantitative estimate of drug-likeness (QED) is 0.863. The zero-order valence-electron chi connectivity index (χ0n) is 13.1. The largest absolute Gasteiger partial charge is 0.484 e. The van der Waals surface area contributed by atoms with Crippen LogP contribution in [0.1, 0.15) is 25.7 Å². The third kappa shape index (κ3) is 4.22. The molecule has 0 radical (unpaired) electrons. The number of nitrogens with one attached hydrogen (secondary N) is 1. The number of hydrogen-bond donors (Lipinski definition) is 1. The summed E-state index contributed by atoms with van der Waals surface area (Å²) < 4.78 is 10.9. The Kier molecular flexibility index (Phi) is 5.12. The molecule has 1 aromatic carbocycles. The molecule has 23 heavy (non-hydrogen) atoms. The molecule has 0 bridgehead atoms. The molecule has 124 valence electrons. The number of hydrogen-bond acceptors (Lipinski definition) is 4. The average Bonchev–Trinajstić information content (AvgIpc) is 3.23. The Morgan fingerprint density at radius 3 is 2.78 bits per heavy atom. The standard InChI is InChI=1S/C17H22N2O4/c20-16(18-11-15-3-2-10-22-15)12-23-14-7-5-13(6-8-14)19-9-1-4-17(19)21/h5-8,15H,1-4,9-12H2,(H,18,20)/t15-/m1/s1. The summed E-state index contributed by atoms with van der Waals surface area (Å²) >= 11 is 0. The molecule has 0 aromatic heterocycles. The first-order valence-electron chi connectivity index (χ1n) is 8.14. The Balaban J connectivity index is 1.42. The van der Waals surface area contributed by atoms with Gasteiger partial charge in [-0.3, -0.25) is 9.59 Å². The molecule has 6 heteroatoms. The van der Waals surface area contributed by atoms with Crippen molar-refractivity contribution in [2.75, 3.05) is 31.2 Å². The van der Waals surface area contributed by atoms with Crippen LogP contribution in [0, 0.1) is 0 Å². The van der Waals surface area contributed by atoms with E-state index in [-0.39, 0.29) is 24.5 Å². The predicted molar refractivity (Wildman–Crippen MR) is 85.5 cm³/mol. The van der Waals surface area contributed by atoms with Crippen LogP contribution in [0.4, 0.5) is 5.69 Å². The molecular formula is C17H22N2O4. The van der Waals surface area contributed by atoms with Crippen molar-refractivity contribution in [1.82, 2.24) is 5.32 Å². The third-order valence-electron chi connectivity index (χ3n) is 4.14. The third-order valence-corrected chi connectivity index (χ3v) is 4.14. The minimum Gasteiger partial charge on any atom is -0.484 e. The van der Waals surface area contributed by atoms with Crippen molar-refractivity contribution >= 4 is 17.5 Å². The fraction of sp³-hybridized carbons (Fsp3) is 0.529. The monoisotopic (exact) mass is 318 g/mol. The highest BCUT2D eigenvalue weighted by atomic mass is 16.5. The topological polar surface area (TPSA) is 67.9 Å². The molecule has 0 spiro atoms. The lowest BCUT2D eigenvalue weighted by Crippen LogP contribution is -2.35. The Bertz CT molecular complexity index is 552. The van der Waals surface area contributed by atoms with Gasteiger partial charge in [0.2, 0.25) is 5.91 Å². The summed E-state index contributed by atoms with van der Waals surface area (Å²) in [5.74, 6) is 0.624. The van der Waals surface area contributed by atoms with Gasteiger partial charge in [-0.1, -0.05) is 0 Å². The van der Waals surface area contributed by atoms with Gasteiger partial charge in [-0.2, -0.15) is 0 Å². The van der Waals surface area contributed by atoms with Gasteiger partial charge in [0.1, 0.15) is 5.75 Å². The van der Waals surface area contributed by atoms with Crippen molar-refractivity contribution in [2.24, 2.45) is 0 Å². The Morgan fingerprint density at radius 1 is 1.30 bits per heavy atom. The van der Waals surface area contributed by atoms with E-state index in [2.05, 4.69) is 5.32 Å². The van der Waals surface area contributed by atoms with Gasteiger partial charge < -0.3 is 19.7 Å². The van der Waals surface area contributed by atoms with E-state index < -0.39 is 0 Å². The van der Waals surface area contributed by atoms with Crippen LogP contribution < -0.4 is 15.0 Å². The van der Waals surface area contributed by atoms with Crippen LogP contribution in [0.3, 0.4) is 0 Å². The van der Waals surface area contributed by atoms with Gasteiger partial charge in [0.05, 0.1) is 6.10 Å². The van der Waals surface area contributed by atoms with Crippen molar-refractivity contribution in [3.63, 3.8) is 0 Å². The average molecular weight is 318 g/mol. The maximum absolute atomic E-state index is 11.7. The predicted octanol–water partition coefficient (Wildman–Crippen LogP) is 1.49. The van der Waals surface area contributed by atoms with Crippen LogP contribution in [0.2, 0.25) is 0 Å². The highest BCUT2D eigenvalue weighted by molar-refractivity contribution is 5.95. The van der Waals surface area contributed by atoms with Crippen molar-refractivity contribution in [3.05, 3.63) is 24.3 Å². The first kappa shape index (κ1) is 15.8. The van der Waals surface area contributed by atoms with Gasteiger partial charge in [-0.05, 0) is 43.5 Å². The van der Waals surface area contributed by atoms with Crippen molar-refractivity contribution in [3.8, 4) is 5.75 Å². The minimum atomic E-state index is -0.153. The van der Waals surface area contributed by atoms with E-state index in [1.54, 1.807) is 17.0 Å². The lowest BCUT2D eigenvalue weighted by atomic mass is 10.2. The van der Waals surface area contributed by atoms with Gasteiger partial charge in [-0.15, -0.1) is 0 Å². The van der Waals surface area contributed by atoms with Crippen molar-refractivity contribution in [2.45, 2.75) is 31.8 Å². The molecule has 3 rings (SSSR count). The maximum atomic E-state index is 11.7. The van der Waals surface area contributed by atoms with E-state index in [1.165, 1.54) is 0 Å². The number of ether oxygens (including phenoxy) is 2. The highest BCUT2D eigenvalue weighted by Crippen LogP contribution is 2.23. The van der Waals surface area contributed by atoms with Gasteiger partial charge in [0.25, 0.3) is 5.91 Å². The van der Waals surface area contributed by atoms with Crippen molar-refractivity contribution < 1.29 is 19.1 Å². The molecule has 2 aliphatic rings. The molecule has 1 atom stereocenters. The van der Waals surface area contributed by atoms with Gasteiger partial charge in [-0.25, -0.2) is 0 Å². The minimum absolute atomic E-state index is 0.0191. The van der Waals surface area contributed by atoms with E-state index in [9.17, 15) is 9.59 Å². The summed E-state index contributed by atoms with van der Waals surface area (Å²) in [5, 5.41) is 2.81. The highest BCUT2D eigenvalue weighted by Gasteiger charge is 2.21. The van der Waals surface area contributed by atoms with Gasteiger partial charge in [0.15, 0.2) is 6.61 Å². The van der Waals surface area contributed by atoms with Crippen LogP contribution in [0.25, 0.3) is 0 Å². The van der Waals surface area contributed by atoms with E-state index >= 15 is 0 Å². The summed E-state index contributed by atoms with van der Waals surface area (Å²) in [4.78, 5) is 25.2. The number of carbonyl (C=O) groups excluding carboxylic acids is 2. The number of carbonyl (C=O) groups is 2. The smallest absolute Gasteiger partial charge is 0.258 e. The van der Waals surface area contributed by atoms with Crippen LogP contribution in [-0.4, -0.2) is 44.2 Å². The summed E-state index contributed by atoms with van der Waals surface area (Å²) in [7, 11) is 0. The van der Waals surface area contributed by atoms with Crippen LogP contribution in [-0.2, 0) is 14.3 Å². The van der Waals surface area contributed by atoms with Gasteiger partial charge in [0, 0.05) is 31.8 Å². The van der Waals surface area contributed by atoms with Crippen LogP contribution >= 0.6 is 0 Å². The molecule has 2 fully saturated rings.